The van der Waals surface area contributed by atoms with Crippen molar-refractivity contribution in [3.63, 3.8) is 0 Å². The molecule has 1 atom stereocenters. The summed E-state index contributed by atoms with van der Waals surface area (Å²) in [6.45, 7) is 5.30. The Balaban J connectivity index is 2.62. The molecule has 0 aromatic carbocycles. The zero-order valence-electron chi connectivity index (χ0n) is 10.2. The Labute approximate surface area is 97.3 Å². The van der Waals surface area contributed by atoms with Gasteiger partial charge in [-0.1, -0.05) is 26.7 Å². The number of pyridine rings is 1. The van der Waals surface area contributed by atoms with Gasteiger partial charge in [-0.3, -0.25) is 4.98 Å². The third kappa shape index (κ3) is 4.27. The predicted octanol–water partition coefficient (Wildman–Crippen LogP) is 3.45. The lowest BCUT2D eigenvalue weighted by Gasteiger charge is -2.17. The van der Waals surface area contributed by atoms with Gasteiger partial charge in [-0.05, 0) is 31.5 Å². The second kappa shape index (κ2) is 7.34. The van der Waals surface area contributed by atoms with E-state index in [2.05, 4.69) is 24.1 Å². The fourth-order valence-corrected chi connectivity index (χ4v) is 1.67. The van der Waals surface area contributed by atoms with Gasteiger partial charge < -0.3 is 5.32 Å². The van der Waals surface area contributed by atoms with E-state index in [9.17, 15) is 4.39 Å². The van der Waals surface area contributed by atoms with Crippen molar-refractivity contribution in [2.24, 2.45) is 0 Å². The van der Waals surface area contributed by atoms with Crippen molar-refractivity contribution in [1.82, 2.24) is 10.3 Å². The molecule has 0 fully saturated rings. The van der Waals surface area contributed by atoms with E-state index in [0.29, 0.717) is 0 Å². The summed E-state index contributed by atoms with van der Waals surface area (Å²) in [5.74, 6) is -0.270. The van der Waals surface area contributed by atoms with E-state index < -0.39 is 0 Å². The normalized spacial score (nSPS) is 12.7. The largest absolute Gasteiger partial charge is 0.309 e. The first-order valence-corrected chi connectivity index (χ1v) is 6.12. The van der Waals surface area contributed by atoms with E-state index in [1.807, 2.05) is 0 Å². The maximum absolute atomic E-state index is 12.8. The van der Waals surface area contributed by atoms with Crippen molar-refractivity contribution in [3.8, 4) is 0 Å². The number of aromatic nitrogens is 1. The molecule has 1 aromatic rings. The van der Waals surface area contributed by atoms with Crippen molar-refractivity contribution < 1.29 is 4.39 Å². The minimum Gasteiger partial charge on any atom is -0.309 e. The van der Waals surface area contributed by atoms with Crippen LogP contribution in [0.4, 0.5) is 4.39 Å². The van der Waals surface area contributed by atoms with Gasteiger partial charge in [-0.15, -0.1) is 0 Å². The lowest BCUT2D eigenvalue weighted by Crippen LogP contribution is -2.23. The lowest BCUT2D eigenvalue weighted by molar-refractivity contribution is 0.470. The molecule has 0 saturated carbocycles. The maximum Gasteiger partial charge on any atom is 0.141 e. The standard InChI is InChI=1S/C13H21FN2/c1-3-5-6-12(15-9-4-2)13-8-7-11(14)10-16-13/h7-8,10,12,15H,3-6,9H2,1-2H3. The first-order chi connectivity index (χ1) is 7.77. The van der Waals surface area contributed by atoms with Gasteiger partial charge in [-0.2, -0.15) is 0 Å². The zero-order chi connectivity index (χ0) is 11.8. The minimum atomic E-state index is -0.270. The molecule has 0 amide bonds. The predicted molar refractivity (Wildman–Crippen MR) is 64.8 cm³/mol. The summed E-state index contributed by atoms with van der Waals surface area (Å²) in [5, 5.41) is 3.46. The van der Waals surface area contributed by atoms with E-state index in [-0.39, 0.29) is 11.9 Å². The van der Waals surface area contributed by atoms with Gasteiger partial charge in [0.2, 0.25) is 0 Å². The smallest absolute Gasteiger partial charge is 0.141 e. The van der Waals surface area contributed by atoms with Crippen LogP contribution in [0.5, 0.6) is 0 Å². The molecule has 0 aliphatic carbocycles. The first-order valence-electron chi connectivity index (χ1n) is 6.12. The molecule has 0 bridgehead atoms. The highest BCUT2D eigenvalue weighted by atomic mass is 19.1. The molecule has 0 radical (unpaired) electrons. The molecule has 16 heavy (non-hydrogen) atoms. The summed E-state index contributed by atoms with van der Waals surface area (Å²) in [4.78, 5) is 4.15. The Bertz CT molecular complexity index is 276. The molecule has 1 N–H and O–H groups in total. The van der Waals surface area contributed by atoms with Gasteiger partial charge in [0.25, 0.3) is 0 Å². The number of rotatable bonds is 7. The van der Waals surface area contributed by atoms with Crippen LogP contribution < -0.4 is 5.32 Å². The number of nitrogens with one attached hydrogen (secondary N) is 1. The Morgan fingerprint density at radius 2 is 2.12 bits per heavy atom. The molecule has 1 unspecified atom stereocenters. The molecule has 1 rings (SSSR count). The zero-order valence-corrected chi connectivity index (χ0v) is 10.2. The van der Waals surface area contributed by atoms with Gasteiger partial charge in [0.1, 0.15) is 5.82 Å². The van der Waals surface area contributed by atoms with Crippen LogP contribution in [-0.2, 0) is 0 Å². The average Bonchev–Trinajstić information content (AvgIpc) is 2.31. The first kappa shape index (κ1) is 13.1. The van der Waals surface area contributed by atoms with Crippen molar-refractivity contribution in [3.05, 3.63) is 29.8 Å². The Morgan fingerprint density at radius 1 is 1.31 bits per heavy atom. The highest BCUT2D eigenvalue weighted by molar-refractivity contribution is 5.09. The molecule has 3 heteroatoms. The number of hydrogen-bond donors (Lipinski definition) is 1. The quantitative estimate of drug-likeness (QED) is 0.767. The van der Waals surface area contributed by atoms with Crippen LogP contribution in [0.1, 0.15) is 51.3 Å². The Morgan fingerprint density at radius 3 is 2.69 bits per heavy atom. The van der Waals surface area contributed by atoms with Gasteiger partial charge in [0.15, 0.2) is 0 Å². The summed E-state index contributed by atoms with van der Waals surface area (Å²) in [6.07, 6.45) is 5.80. The van der Waals surface area contributed by atoms with E-state index in [1.54, 1.807) is 6.07 Å². The molecule has 0 spiro atoms. The van der Waals surface area contributed by atoms with Crippen LogP contribution in [0.25, 0.3) is 0 Å². The van der Waals surface area contributed by atoms with Gasteiger partial charge in [0, 0.05) is 6.04 Å². The van der Waals surface area contributed by atoms with Crippen molar-refractivity contribution in [2.75, 3.05) is 6.54 Å². The van der Waals surface area contributed by atoms with E-state index in [0.717, 1.165) is 25.1 Å². The number of nitrogens with zero attached hydrogens (tertiary/aromatic N) is 1. The average molecular weight is 224 g/mol. The molecular formula is C13H21FN2. The van der Waals surface area contributed by atoms with Crippen molar-refractivity contribution >= 4 is 0 Å². The van der Waals surface area contributed by atoms with Gasteiger partial charge in [0.05, 0.1) is 11.9 Å². The van der Waals surface area contributed by atoms with Gasteiger partial charge >= 0.3 is 0 Å². The highest BCUT2D eigenvalue weighted by Gasteiger charge is 2.11. The molecule has 1 heterocycles. The number of unbranched alkanes of at least 4 members (excludes halogenated alkanes) is 1. The van der Waals surface area contributed by atoms with Crippen LogP contribution in [0.3, 0.4) is 0 Å². The fraction of sp³-hybridized carbons (Fsp3) is 0.615. The molecule has 0 aliphatic heterocycles. The summed E-state index contributed by atoms with van der Waals surface area (Å²) < 4.78 is 12.8. The van der Waals surface area contributed by atoms with E-state index in [1.165, 1.54) is 25.1 Å². The molecule has 90 valence electrons. The third-order valence-electron chi connectivity index (χ3n) is 2.59. The molecule has 0 saturated heterocycles. The second-order valence-electron chi connectivity index (χ2n) is 4.05. The van der Waals surface area contributed by atoms with Crippen LogP contribution in [0.15, 0.2) is 18.3 Å². The topological polar surface area (TPSA) is 24.9 Å². The van der Waals surface area contributed by atoms with E-state index >= 15 is 0 Å². The molecular weight excluding hydrogens is 203 g/mol. The van der Waals surface area contributed by atoms with Crippen molar-refractivity contribution in [1.29, 1.82) is 0 Å². The molecule has 1 aromatic heterocycles. The second-order valence-corrected chi connectivity index (χ2v) is 4.05. The Hall–Kier alpha value is -0.960. The summed E-state index contributed by atoms with van der Waals surface area (Å²) in [7, 11) is 0. The van der Waals surface area contributed by atoms with Crippen molar-refractivity contribution in [2.45, 2.75) is 45.6 Å². The SMILES string of the molecule is CCCCC(NCCC)c1ccc(F)cn1. The fourth-order valence-electron chi connectivity index (χ4n) is 1.67. The summed E-state index contributed by atoms with van der Waals surface area (Å²) in [5.41, 5.74) is 0.948. The summed E-state index contributed by atoms with van der Waals surface area (Å²) >= 11 is 0. The third-order valence-corrected chi connectivity index (χ3v) is 2.59. The summed E-state index contributed by atoms with van der Waals surface area (Å²) in [6, 6.07) is 3.52. The lowest BCUT2D eigenvalue weighted by atomic mass is 10.1. The molecule has 2 nitrogen and oxygen atoms in total. The van der Waals surface area contributed by atoms with Gasteiger partial charge in [-0.25, -0.2) is 4.39 Å². The van der Waals surface area contributed by atoms with Crippen LogP contribution in [0, 0.1) is 5.82 Å². The highest BCUT2D eigenvalue weighted by Crippen LogP contribution is 2.17. The van der Waals surface area contributed by atoms with E-state index in [4.69, 9.17) is 0 Å². The monoisotopic (exact) mass is 224 g/mol. The van der Waals surface area contributed by atoms with Crippen LogP contribution >= 0.6 is 0 Å². The molecule has 0 aliphatic rings. The number of halogens is 1. The van der Waals surface area contributed by atoms with Crippen LogP contribution in [-0.4, -0.2) is 11.5 Å². The Kier molecular flexibility index (Phi) is 6.01. The minimum absolute atomic E-state index is 0.264. The van der Waals surface area contributed by atoms with Crippen LogP contribution in [0.2, 0.25) is 0 Å². The number of hydrogen-bond acceptors (Lipinski definition) is 2. The maximum atomic E-state index is 12.8.